The Kier molecular flexibility index (Phi) is 5.44. The van der Waals surface area contributed by atoms with Crippen molar-refractivity contribution in [3.05, 3.63) is 46.2 Å². The average Bonchev–Trinajstić information content (AvgIpc) is 2.45. The number of aromatic nitrogens is 2. The molecular weight excluding hydrogens is 295 g/mol. The second-order valence-electron chi connectivity index (χ2n) is 4.22. The molecule has 0 saturated carbocycles. The summed E-state index contributed by atoms with van der Waals surface area (Å²) in [4.78, 5) is 8.47. The van der Waals surface area contributed by atoms with Crippen LogP contribution in [0.4, 0.5) is 11.6 Å². The number of hydrogen-bond donors (Lipinski definition) is 2. The predicted octanol–water partition coefficient (Wildman–Crippen LogP) is 3.87. The highest BCUT2D eigenvalue weighted by Gasteiger charge is 2.08. The van der Waals surface area contributed by atoms with E-state index in [0.29, 0.717) is 21.7 Å². The van der Waals surface area contributed by atoms with E-state index in [4.69, 9.17) is 23.2 Å². The monoisotopic (exact) mass is 310 g/mol. The number of nitrogens with zero attached hydrogens (tertiary/aromatic N) is 2. The van der Waals surface area contributed by atoms with Crippen LogP contribution in [-0.4, -0.2) is 23.1 Å². The molecule has 0 aliphatic heterocycles. The summed E-state index contributed by atoms with van der Waals surface area (Å²) in [6.45, 7) is 3.47. The molecule has 0 atom stereocenters. The van der Waals surface area contributed by atoms with Gasteiger partial charge in [0.05, 0.1) is 10.0 Å². The van der Waals surface area contributed by atoms with Crippen molar-refractivity contribution in [2.45, 2.75) is 13.3 Å². The maximum atomic E-state index is 6.13. The minimum atomic E-state index is 0.517. The Morgan fingerprint density at radius 2 is 1.90 bits per heavy atom. The highest BCUT2D eigenvalue weighted by molar-refractivity contribution is 6.37. The van der Waals surface area contributed by atoms with Gasteiger partial charge in [-0.15, -0.1) is 0 Å². The first-order chi connectivity index (χ1) is 9.70. The Morgan fingerprint density at radius 1 is 1.15 bits per heavy atom. The van der Waals surface area contributed by atoms with E-state index in [1.54, 1.807) is 12.3 Å². The third-order valence-electron chi connectivity index (χ3n) is 2.70. The zero-order chi connectivity index (χ0) is 14.4. The molecule has 0 unspecified atom stereocenters. The second-order valence-corrected chi connectivity index (χ2v) is 5.03. The van der Waals surface area contributed by atoms with Gasteiger partial charge < -0.3 is 10.6 Å². The van der Waals surface area contributed by atoms with Crippen molar-refractivity contribution >= 4 is 34.8 Å². The Balaban J connectivity index is 2.00. The van der Waals surface area contributed by atoms with Crippen LogP contribution in [0.2, 0.25) is 10.0 Å². The van der Waals surface area contributed by atoms with Crippen LogP contribution < -0.4 is 10.6 Å². The van der Waals surface area contributed by atoms with Crippen LogP contribution in [-0.2, 0) is 6.42 Å². The molecule has 2 aromatic heterocycles. The van der Waals surface area contributed by atoms with Crippen LogP contribution in [0.25, 0.3) is 0 Å². The summed E-state index contributed by atoms with van der Waals surface area (Å²) in [6.07, 6.45) is 4.46. The third-order valence-corrected chi connectivity index (χ3v) is 3.28. The molecule has 106 valence electrons. The van der Waals surface area contributed by atoms with E-state index in [9.17, 15) is 0 Å². The fraction of sp³-hybridized carbons (Fsp3) is 0.286. The Hall–Kier alpha value is -1.52. The third kappa shape index (κ3) is 3.99. The first-order valence-electron chi connectivity index (χ1n) is 6.43. The van der Waals surface area contributed by atoms with Crippen molar-refractivity contribution in [2.24, 2.45) is 0 Å². The van der Waals surface area contributed by atoms with Crippen LogP contribution >= 0.6 is 23.2 Å². The molecule has 0 aliphatic rings. The Morgan fingerprint density at radius 3 is 2.55 bits per heavy atom. The molecule has 0 amide bonds. The fourth-order valence-corrected chi connectivity index (χ4v) is 2.25. The van der Waals surface area contributed by atoms with Crippen molar-refractivity contribution in [3.8, 4) is 0 Å². The van der Waals surface area contributed by atoms with E-state index in [2.05, 4.69) is 20.6 Å². The molecule has 2 rings (SSSR count). The normalized spacial score (nSPS) is 10.3. The maximum absolute atomic E-state index is 6.13. The molecule has 0 aliphatic carbocycles. The Labute approximate surface area is 128 Å². The maximum Gasteiger partial charge on any atom is 0.147 e. The Bertz CT molecular complexity index is 561. The van der Waals surface area contributed by atoms with Gasteiger partial charge in [-0.25, -0.2) is 4.98 Å². The number of anilines is 2. The van der Waals surface area contributed by atoms with Gasteiger partial charge in [0.1, 0.15) is 11.6 Å². The van der Waals surface area contributed by atoms with Gasteiger partial charge in [0.2, 0.25) is 0 Å². The second kappa shape index (κ2) is 7.31. The van der Waals surface area contributed by atoms with Crippen LogP contribution in [0.1, 0.15) is 12.5 Å². The van der Waals surface area contributed by atoms with Gasteiger partial charge in [0, 0.05) is 25.5 Å². The lowest BCUT2D eigenvalue weighted by molar-refractivity contribution is 0.993. The van der Waals surface area contributed by atoms with Gasteiger partial charge in [-0.2, -0.15) is 0 Å². The molecule has 6 heteroatoms. The van der Waals surface area contributed by atoms with E-state index in [-0.39, 0.29) is 0 Å². The number of hydrogen-bond acceptors (Lipinski definition) is 4. The van der Waals surface area contributed by atoms with Crippen molar-refractivity contribution < 1.29 is 0 Å². The zero-order valence-corrected chi connectivity index (χ0v) is 12.7. The molecule has 0 fully saturated rings. The number of rotatable bonds is 6. The molecule has 0 saturated heterocycles. The minimum absolute atomic E-state index is 0.517. The predicted molar refractivity (Wildman–Crippen MR) is 84.9 cm³/mol. The van der Waals surface area contributed by atoms with Gasteiger partial charge in [0.15, 0.2) is 0 Å². The molecule has 0 bridgehead atoms. The first-order valence-corrected chi connectivity index (χ1v) is 7.19. The zero-order valence-electron chi connectivity index (χ0n) is 11.2. The standard InChI is InChI=1S/C14H16Cl2N4/c1-2-18-13-11(15)8-12(16)14(20-13)19-7-5-10-4-3-6-17-9-10/h3-4,6,8-9H,2,5,7H2,1H3,(H2,18,19,20). The number of halogens is 2. The summed E-state index contributed by atoms with van der Waals surface area (Å²) in [5.41, 5.74) is 1.16. The van der Waals surface area contributed by atoms with Crippen LogP contribution in [0.5, 0.6) is 0 Å². The van der Waals surface area contributed by atoms with Crippen LogP contribution in [0.3, 0.4) is 0 Å². The summed E-state index contributed by atoms with van der Waals surface area (Å²) in [5, 5.41) is 7.36. The quantitative estimate of drug-likeness (QED) is 0.850. The summed E-state index contributed by atoms with van der Waals surface area (Å²) >= 11 is 12.2. The largest absolute Gasteiger partial charge is 0.369 e. The highest BCUT2D eigenvalue weighted by atomic mass is 35.5. The van der Waals surface area contributed by atoms with Crippen molar-refractivity contribution in [3.63, 3.8) is 0 Å². The van der Waals surface area contributed by atoms with E-state index < -0.39 is 0 Å². The summed E-state index contributed by atoms with van der Waals surface area (Å²) < 4.78 is 0. The first kappa shape index (κ1) is 14.9. The lowest BCUT2D eigenvalue weighted by Gasteiger charge is -2.11. The SMILES string of the molecule is CCNc1nc(NCCc2cccnc2)c(Cl)cc1Cl. The molecule has 4 nitrogen and oxygen atoms in total. The molecule has 20 heavy (non-hydrogen) atoms. The van der Waals surface area contributed by atoms with E-state index in [0.717, 1.165) is 25.1 Å². The molecule has 0 spiro atoms. The highest BCUT2D eigenvalue weighted by Crippen LogP contribution is 2.29. The van der Waals surface area contributed by atoms with Crippen LogP contribution in [0.15, 0.2) is 30.6 Å². The summed E-state index contributed by atoms with van der Waals surface area (Å²) in [6, 6.07) is 5.66. The number of pyridine rings is 2. The molecule has 2 N–H and O–H groups in total. The van der Waals surface area contributed by atoms with Gasteiger partial charge in [0.25, 0.3) is 0 Å². The van der Waals surface area contributed by atoms with Crippen molar-refractivity contribution in [1.82, 2.24) is 9.97 Å². The van der Waals surface area contributed by atoms with E-state index in [1.165, 1.54) is 0 Å². The minimum Gasteiger partial charge on any atom is -0.369 e. The average molecular weight is 311 g/mol. The number of nitrogens with one attached hydrogen (secondary N) is 2. The smallest absolute Gasteiger partial charge is 0.147 e. The lowest BCUT2D eigenvalue weighted by Crippen LogP contribution is -2.09. The molecule has 2 aromatic rings. The fourth-order valence-electron chi connectivity index (χ4n) is 1.75. The van der Waals surface area contributed by atoms with E-state index >= 15 is 0 Å². The molecule has 0 aromatic carbocycles. The lowest BCUT2D eigenvalue weighted by atomic mass is 10.2. The molecule has 0 radical (unpaired) electrons. The topological polar surface area (TPSA) is 49.8 Å². The van der Waals surface area contributed by atoms with Gasteiger partial charge in [-0.3, -0.25) is 4.98 Å². The van der Waals surface area contributed by atoms with E-state index in [1.807, 2.05) is 25.3 Å². The van der Waals surface area contributed by atoms with Gasteiger partial charge in [-0.1, -0.05) is 29.3 Å². The van der Waals surface area contributed by atoms with Gasteiger partial charge in [-0.05, 0) is 31.0 Å². The van der Waals surface area contributed by atoms with Crippen molar-refractivity contribution in [1.29, 1.82) is 0 Å². The molecule has 2 heterocycles. The summed E-state index contributed by atoms with van der Waals surface area (Å²) in [5.74, 6) is 1.28. The van der Waals surface area contributed by atoms with Crippen LogP contribution in [0, 0.1) is 0 Å². The molecular formula is C14H16Cl2N4. The van der Waals surface area contributed by atoms with Gasteiger partial charge >= 0.3 is 0 Å². The summed E-state index contributed by atoms with van der Waals surface area (Å²) in [7, 11) is 0. The van der Waals surface area contributed by atoms with Crippen molar-refractivity contribution in [2.75, 3.05) is 23.7 Å².